The maximum atomic E-state index is 13.8. The average Bonchev–Trinajstić information content (AvgIpc) is 2.73. The van der Waals surface area contributed by atoms with E-state index in [-0.39, 0.29) is 12.3 Å². The molecule has 0 atom stereocenters. The molecule has 2 heterocycles. The number of aromatic nitrogens is 2. The monoisotopic (exact) mass is 380 g/mol. The van der Waals surface area contributed by atoms with Crippen LogP contribution >= 0.6 is 0 Å². The first-order chi connectivity index (χ1) is 13.6. The Kier molecular flexibility index (Phi) is 6.06. The summed E-state index contributed by atoms with van der Waals surface area (Å²) in [7, 11) is 1.14. The Labute approximate surface area is 161 Å². The first-order valence-corrected chi connectivity index (χ1v) is 8.45. The molecule has 3 rings (SSSR count). The number of methoxy groups -OCH3 is 1. The molecule has 0 bridgehead atoms. The molecular weight excluding hydrogens is 363 g/mol. The molecule has 7 heteroatoms. The van der Waals surface area contributed by atoms with Gasteiger partial charge >= 0.3 is 11.9 Å². The Balaban J connectivity index is 1.59. The molecule has 0 fully saturated rings. The van der Waals surface area contributed by atoms with Gasteiger partial charge in [0, 0.05) is 18.0 Å². The maximum absolute atomic E-state index is 13.8. The number of benzene rings is 1. The summed E-state index contributed by atoms with van der Waals surface area (Å²) in [6.45, 7) is -0.197. The number of rotatable bonds is 6. The van der Waals surface area contributed by atoms with E-state index in [0.29, 0.717) is 12.0 Å². The van der Waals surface area contributed by atoms with Gasteiger partial charge in [0.2, 0.25) is 0 Å². The summed E-state index contributed by atoms with van der Waals surface area (Å²) >= 11 is 0. The predicted molar refractivity (Wildman–Crippen MR) is 98.1 cm³/mol. The Morgan fingerprint density at radius 2 is 1.68 bits per heavy atom. The molecule has 0 aliphatic heterocycles. The lowest BCUT2D eigenvalue weighted by Crippen LogP contribution is -2.10. The summed E-state index contributed by atoms with van der Waals surface area (Å²) in [5.74, 6) is -2.35. The Hall–Kier alpha value is -3.61. The molecular formula is C21H17FN2O4. The summed E-state index contributed by atoms with van der Waals surface area (Å²) in [5.41, 5.74) is 2.14. The highest BCUT2D eigenvalue weighted by molar-refractivity contribution is 5.88. The highest BCUT2D eigenvalue weighted by Gasteiger charge is 2.15. The normalized spacial score (nSPS) is 10.4. The van der Waals surface area contributed by atoms with Gasteiger partial charge in [-0.05, 0) is 29.7 Å². The van der Waals surface area contributed by atoms with E-state index in [1.165, 1.54) is 6.20 Å². The summed E-state index contributed by atoms with van der Waals surface area (Å²) in [6, 6.07) is 14.4. The molecule has 2 aromatic heterocycles. The van der Waals surface area contributed by atoms with Gasteiger partial charge in [0.25, 0.3) is 0 Å². The van der Waals surface area contributed by atoms with Gasteiger partial charge in [-0.15, -0.1) is 0 Å². The van der Waals surface area contributed by atoms with Crippen LogP contribution in [-0.4, -0.2) is 29.0 Å². The standard InChI is InChI=1S/C21H17FN2O4/c1-27-21(26)19-17(22)10-16(12-24-19)13-28-20(25)18-8-7-15(11-23-18)9-14-5-3-2-4-6-14/h2-8,10-12H,9,13H2,1H3. The number of carbonyl (C=O) groups is 2. The smallest absolute Gasteiger partial charge is 0.359 e. The number of pyridine rings is 2. The van der Waals surface area contributed by atoms with Crippen LogP contribution in [0.2, 0.25) is 0 Å². The van der Waals surface area contributed by atoms with Crippen LogP contribution in [0.3, 0.4) is 0 Å². The van der Waals surface area contributed by atoms with Gasteiger partial charge in [0.05, 0.1) is 7.11 Å². The molecule has 1 aromatic carbocycles. The zero-order chi connectivity index (χ0) is 19.9. The number of nitrogens with zero attached hydrogens (tertiary/aromatic N) is 2. The zero-order valence-electron chi connectivity index (χ0n) is 15.1. The van der Waals surface area contributed by atoms with E-state index < -0.39 is 23.4 Å². The topological polar surface area (TPSA) is 78.4 Å². The van der Waals surface area contributed by atoms with Gasteiger partial charge in [-0.1, -0.05) is 36.4 Å². The lowest BCUT2D eigenvalue weighted by Gasteiger charge is -2.07. The molecule has 0 spiro atoms. The van der Waals surface area contributed by atoms with Crippen molar-refractivity contribution in [2.75, 3.05) is 7.11 Å². The molecule has 0 saturated heterocycles. The highest BCUT2D eigenvalue weighted by Crippen LogP contribution is 2.12. The van der Waals surface area contributed by atoms with Crippen molar-refractivity contribution in [3.05, 3.63) is 94.8 Å². The third kappa shape index (κ3) is 4.76. The fourth-order valence-corrected chi connectivity index (χ4v) is 2.51. The van der Waals surface area contributed by atoms with Crippen molar-refractivity contribution >= 4 is 11.9 Å². The van der Waals surface area contributed by atoms with E-state index in [1.54, 1.807) is 12.3 Å². The molecule has 0 aliphatic carbocycles. The summed E-state index contributed by atoms with van der Waals surface area (Å²) in [6.07, 6.45) is 3.58. The number of halogens is 1. The van der Waals surface area contributed by atoms with Crippen LogP contribution in [0.1, 0.15) is 37.7 Å². The molecule has 0 radical (unpaired) electrons. The predicted octanol–water partition coefficient (Wildman–Crippen LogP) is 3.35. The molecule has 28 heavy (non-hydrogen) atoms. The molecule has 0 N–H and O–H groups in total. The van der Waals surface area contributed by atoms with Crippen molar-refractivity contribution in [2.45, 2.75) is 13.0 Å². The Bertz CT molecular complexity index is 975. The largest absolute Gasteiger partial charge is 0.464 e. The van der Waals surface area contributed by atoms with Crippen molar-refractivity contribution < 1.29 is 23.5 Å². The van der Waals surface area contributed by atoms with Crippen molar-refractivity contribution in [3.63, 3.8) is 0 Å². The first kappa shape index (κ1) is 19.2. The molecule has 0 saturated carbocycles. The SMILES string of the molecule is COC(=O)c1ncc(COC(=O)c2ccc(Cc3ccccc3)cn2)cc1F. The van der Waals surface area contributed by atoms with Crippen LogP contribution in [-0.2, 0) is 22.5 Å². The number of ether oxygens (including phenoxy) is 2. The molecule has 3 aromatic rings. The maximum Gasteiger partial charge on any atom is 0.359 e. The molecule has 0 unspecified atom stereocenters. The zero-order valence-corrected chi connectivity index (χ0v) is 15.1. The lowest BCUT2D eigenvalue weighted by molar-refractivity contribution is 0.0463. The number of hydrogen-bond donors (Lipinski definition) is 0. The molecule has 0 amide bonds. The average molecular weight is 380 g/mol. The minimum absolute atomic E-state index is 0.149. The first-order valence-electron chi connectivity index (χ1n) is 8.45. The van der Waals surface area contributed by atoms with Gasteiger partial charge in [0.1, 0.15) is 12.3 Å². The fourth-order valence-electron chi connectivity index (χ4n) is 2.51. The van der Waals surface area contributed by atoms with Gasteiger partial charge in [0.15, 0.2) is 11.5 Å². The van der Waals surface area contributed by atoms with Crippen LogP contribution in [0.25, 0.3) is 0 Å². The molecule has 6 nitrogen and oxygen atoms in total. The van der Waals surface area contributed by atoms with Crippen LogP contribution < -0.4 is 0 Å². The fraction of sp³-hybridized carbons (Fsp3) is 0.143. The van der Waals surface area contributed by atoms with E-state index in [4.69, 9.17) is 4.74 Å². The van der Waals surface area contributed by atoms with Crippen molar-refractivity contribution in [2.24, 2.45) is 0 Å². The van der Waals surface area contributed by atoms with E-state index >= 15 is 0 Å². The third-order valence-electron chi connectivity index (χ3n) is 3.93. The number of hydrogen-bond acceptors (Lipinski definition) is 6. The summed E-state index contributed by atoms with van der Waals surface area (Å²) < 4.78 is 23.4. The molecule has 0 aliphatic rings. The number of carbonyl (C=O) groups excluding carboxylic acids is 2. The van der Waals surface area contributed by atoms with Gasteiger partial charge in [-0.25, -0.2) is 23.9 Å². The summed E-state index contributed by atoms with van der Waals surface area (Å²) in [4.78, 5) is 31.3. The second kappa shape index (κ2) is 8.85. The second-order valence-corrected chi connectivity index (χ2v) is 5.96. The summed E-state index contributed by atoms with van der Waals surface area (Å²) in [5, 5.41) is 0. The Morgan fingerprint density at radius 1 is 0.929 bits per heavy atom. The van der Waals surface area contributed by atoms with E-state index in [1.807, 2.05) is 36.4 Å². The van der Waals surface area contributed by atoms with Crippen LogP contribution in [0.5, 0.6) is 0 Å². The second-order valence-electron chi connectivity index (χ2n) is 5.96. The third-order valence-corrected chi connectivity index (χ3v) is 3.93. The van der Waals surface area contributed by atoms with Gasteiger partial charge in [-0.3, -0.25) is 0 Å². The van der Waals surface area contributed by atoms with Crippen molar-refractivity contribution in [3.8, 4) is 0 Å². The molecule has 142 valence electrons. The minimum Gasteiger partial charge on any atom is -0.464 e. The van der Waals surface area contributed by atoms with Crippen molar-refractivity contribution in [1.29, 1.82) is 0 Å². The van der Waals surface area contributed by atoms with E-state index in [2.05, 4.69) is 14.7 Å². The van der Waals surface area contributed by atoms with E-state index in [0.717, 1.165) is 24.3 Å². The van der Waals surface area contributed by atoms with E-state index in [9.17, 15) is 14.0 Å². The van der Waals surface area contributed by atoms with Crippen LogP contribution in [0, 0.1) is 5.82 Å². The van der Waals surface area contributed by atoms with Crippen LogP contribution in [0.15, 0.2) is 60.9 Å². The minimum atomic E-state index is -0.874. The van der Waals surface area contributed by atoms with Crippen molar-refractivity contribution in [1.82, 2.24) is 9.97 Å². The van der Waals surface area contributed by atoms with Crippen LogP contribution in [0.4, 0.5) is 4.39 Å². The van der Waals surface area contributed by atoms with Gasteiger partial charge in [-0.2, -0.15) is 0 Å². The highest BCUT2D eigenvalue weighted by atomic mass is 19.1. The van der Waals surface area contributed by atoms with Gasteiger partial charge < -0.3 is 9.47 Å². The quantitative estimate of drug-likeness (QED) is 0.610. The number of esters is 2. The lowest BCUT2D eigenvalue weighted by atomic mass is 10.1. The Morgan fingerprint density at radius 3 is 2.32 bits per heavy atom.